The molecule has 4 atom stereocenters. The Morgan fingerprint density at radius 3 is 2.61 bits per heavy atom. The lowest BCUT2D eigenvalue weighted by Gasteiger charge is -2.25. The minimum absolute atomic E-state index is 0.219. The first-order chi connectivity index (χ1) is 8.35. The maximum absolute atomic E-state index is 12.0. The highest BCUT2D eigenvalue weighted by Crippen LogP contribution is 2.53. The van der Waals surface area contributed by atoms with Gasteiger partial charge >= 0.3 is 6.09 Å². The lowest BCUT2D eigenvalue weighted by atomic mass is 9.81. The van der Waals surface area contributed by atoms with Gasteiger partial charge in [-0.15, -0.1) is 0 Å². The van der Waals surface area contributed by atoms with Gasteiger partial charge in [-0.05, 0) is 44.9 Å². The van der Waals surface area contributed by atoms with Crippen molar-refractivity contribution in [2.24, 2.45) is 23.7 Å². The van der Waals surface area contributed by atoms with E-state index in [2.05, 4.69) is 0 Å². The first kappa shape index (κ1) is 12.0. The van der Waals surface area contributed by atoms with E-state index in [0.29, 0.717) is 30.1 Å². The molecule has 100 valence electrons. The van der Waals surface area contributed by atoms with Gasteiger partial charge in [-0.25, -0.2) is 4.79 Å². The SMILES string of the molecule is CC(C)(C)OC(=O)N1C[C@@H]2[C@H]3CC(=O)[C@@H](C3)[C@H]2C1. The number of ketones is 1. The smallest absolute Gasteiger partial charge is 0.410 e. The van der Waals surface area contributed by atoms with Crippen LogP contribution >= 0.6 is 0 Å². The van der Waals surface area contributed by atoms with Gasteiger partial charge in [0.15, 0.2) is 0 Å². The van der Waals surface area contributed by atoms with E-state index in [9.17, 15) is 9.59 Å². The van der Waals surface area contributed by atoms with Crippen LogP contribution < -0.4 is 0 Å². The predicted molar refractivity (Wildman–Crippen MR) is 66.0 cm³/mol. The molecule has 0 radical (unpaired) electrons. The first-order valence-corrected chi connectivity index (χ1v) is 6.86. The van der Waals surface area contributed by atoms with Gasteiger partial charge in [-0.3, -0.25) is 4.79 Å². The fraction of sp³-hybridized carbons (Fsp3) is 0.857. The highest BCUT2D eigenvalue weighted by Gasteiger charge is 2.56. The normalized spacial score (nSPS) is 38.2. The zero-order valence-electron chi connectivity index (χ0n) is 11.3. The minimum atomic E-state index is -0.441. The second-order valence-corrected chi connectivity index (χ2v) is 6.99. The van der Waals surface area contributed by atoms with Gasteiger partial charge in [0.1, 0.15) is 11.4 Å². The summed E-state index contributed by atoms with van der Waals surface area (Å²) in [4.78, 5) is 25.6. The largest absolute Gasteiger partial charge is 0.444 e. The maximum atomic E-state index is 12.0. The lowest BCUT2D eigenvalue weighted by molar-refractivity contribution is -0.123. The molecule has 2 aliphatic carbocycles. The average Bonchev–Trinajstić information content (AvgIpc) is 2.82. The highest BCUT2D eigenvalue weighted by atomic mass is 16.6. The number of nitrogens with zero attached hydrogens (tertiary/aromatic N) is 1. The summed E-state index contributed by atoms with van der Waals surface area (Å²) < 4.78 is 5.41. The van der Waals surface area contributed by atoms with Gasteiger partial charge in [-0.2, -0.15) is 0 Å². The summed E-state index contributed by atoms with van der Waals surface area (Å²) in [6.45, 7) is 7.15. The van der Waals surface area contributed by atoms with E-state index in [1.807, 2.05) is 20.8 Å². The molecule has 0 aromatic heterocycles. The monoisotopic (exact) mass is 251 g/mol. The van der Waals surface area contributed by atoms with E-state index in [1.54, 1.807) is 4.90 Å². The van der Waals surface area contributed by atoms with E-state index in [-0.39, 0.29) is 12.0 Å². The van der Waals surface area contributed by atoms with Gasteiger partial charge in [0.05, 0.1) is 0 Å². The molecule has 3 aliphatic rings. The molecule has 0 aromatic rings. The minimum Gasteiger partial charge on any atom is -0.444 e. The van der Waals surface area contributed by atoms with Crippen LogP contribution in [-0.4, -0.2) is 35.5 Å². The highest BCUT2D eigenvalue weighted by molar-refractivity contribution is 5.85. The molecule has 18 heavy (non-hydrogen) atoms. The summed E-state index contributed by atoms with van der Waals surface area (Å²) in [7, 11) is 0. The maximum Gasteiger partial charge on any atom is 0.410 e. The molecule has 1 heterocycles. The van der Waals surface area contributed by atoms with Crippen LogP contribution in [-0.2, 0) is 9.53 Å². The third kappa shape index (κ3) is 1.82. The number of carbonyl (C=O) groups is 2. The number of fused-ring (bicyclic) bond motifs is 5. The first-order valence-electron chi connectivity index (χ1n) is 6.86. The number of hydrogen-bond acceptors (Lipinski definition) is 3. The van der Waals surface area contributed by atoms with Crippen molar-refractivity contribution in [2.45, 2.75) is 39.2 Å². The second kappa shape index (κ2) is 3.72. The van der Waals surface area contributed by atoms with Crippen LogP contribution in [0.25, 0.3) is 0 Å². The van der Waals surface area contributed by atoms with E-state index in [4.69, 9.17) is 4.74 Å². The number of likely N-dealkylation sites (tertiary alicyclic amines) is 1. The Balaban J connectivity index is 1.67. The van der Waals surface area contributed by atoms with Crippen LogP contribution in [0.5, 0.6) is 0 Å². The Kier molecular flexibility index (Phi) is 2.48. The van der Waals surface area contributed by atoms with Crippen molar-refractivity contribution in [3.8, 4) is 0 Å². The van der Waals surface area contributed by atoms with Gasteiger partial charge in [-0.1, -0.05) is 0 Å². The van der Waals surface area contributed by atoms with Gasteiger partial charge < -0.3 is 9.64 Å². The fourth-order valence-corrected chi connectivity index (χ4v) is 3.94. The lowest BCUT2D eigenvalue weighted by Crippen LogP contribution is -2.36. The Hall–Kier alpha value is -1.06. The molecule has 4 nitrogen and oxygen atoms in total. The Labute approximate surface area is 108 Å². The zero-order chi connectivity index (χ0) is 13.1. The van der Waals surface area contributed by atoms with Crippen molar-refractivity contribution < 1.29 is 14.3 Å². The molecule has 0 spiro atoms. The van der Waals surface area contributed by atoms with E-state index in [0.717, 1.165) is 19.4 Å². The molecular weight excluding hydrogens is 230 g/mol. The molecule has 3 fully saturated rings. The predicted octanol–water partition coefficient (Wildman–Crippen LogP) is 2.08. The van der Waals surface area contributed by atoms with Crippen LogP contribution in [0.1, 0.15) is 33.6 Å². The fourth-order valence-electron chi connectivity index (χ4n) is 3.94. The summed E-state index contributed by atoms with van der Waals surface area (Å²) in [6.07, 6.45) is 1.59. The average molecular weight is 251 g/mol. The third-order valence-electron chi connectivity index (χ3n) is 4.62. The molecule has 1 amide bonds. The van der Waals surface area contributed by atoms with Gasteiger partial charge in [0.25, 0.3) is 0 Å². The van der Waals surface area contributed by atoms with Crippen LogP contribution in [0.15, 0.2) is 0 Å². The van der Waals surface area contributed by atoms with Crippen molar-refractivity contribution >= 4 is 11.9 Å². The number of ether oxygens (including phenoxy) is 1. The standard InChI is InChI=1S/C14H21NO3/c1-14(2,3)18-13(17)15-6-10-8-4-9(11(10)7-15)12(16)5-8/h8-11H,4-7H2,1-3H3/t8-,9+,10-,11-/m1/s1. The number of hydrogen-bond donors (Lipinski definition) is 0. The van der Waals surface area contributed by atoms with Crippen LogP contribution in [0.4, 0.5) is 4.79 Å². The summed E-state index contributed by atoms with van der Waals surface area (Å²) in [5.41, 5.74) is -0.441. The summed E-state index contributed by atoms with van der Waals surface area (Å²) in [6, 6.07) is 0. The third-order valence-corrected chi connectivity index (χ3v) is 4.62. The summed E-state index contributed by atoms with van der Waals surface area (Å²) in [5, 5.41) is 0. The molecule has 4 heteroatoms. The zero-order valence-corrected chi connectivity index (χ0v) is 11.3. The molecule has 2 bridgehead atoms. The van der Waals surface area contributed by atoms with E-state index >= 15 is 0 Å². The van der Waals surface area contributed by atoms with E-state index < -0.39 is 5.60 Å². The molecule has 1 saturated heterocycles. The number of amides is 1. The van der Waals surface area contributed by atoms with Crippen LogP contribution in [0, 0.1) is 23.7 Å². The van der Waals surface area contributed by atoms with Gasteiger partial charge in [0.2, 0.25) is 0 Å². The number of Topliss-reactive ketones (excluding diaryl/α,β-unsaturated/α-hetero) is 1. The van der Waals surface area contributed by atoms with Crippen LogP contribution in [0.3, 0.4) is 0 Å². The summed E-state index contributed by atoms with van der Waals surface area (Å²) in [5.74, 6) is 2.13. The molecule has 0 N–H and O–H groups in total. The molecule has 3 rings (SSSR count). The van der Waals surface area contributed by atoms with Crippen molar-refractivity contribution in [2.75, 3.05) is 13.1 Å². The molecule has 0 unspecified atom stereocenters. The van der Waals surface area contributed by atoms with E-state index in [1.165, 1.54) is 0 Å². The van der Waals surface area contributed by atoms with Gasteiger partial charge in [0, 0.05) is 25.4 Å². The second-order valence-electron chi connectivity index (χ2n) is 6.99. The van der Waals surface area contributed by atoms with Crippen LogP contribution in [0.2, 0.25) is 0 Å². The van der Waals surface area contributed by atoms with Crippen molar-refractivity contribution in [3.05, 3.63) is 0 Å². The Morgan fingerprint density at radius 2 is 1.94 bits per heavy atom. The number of rotatable bonds is 0. The van der Waals surface area contributed by atoms with Crippen molar-refractivity contribution in [3.63, 3.8) is 0 Å². The molecular formula is C14H21NO3. The Bertz CT molecular complexity index is 398. The van der Waals surface area contributed by atoms with Crippen molar-refractivity contribution in [1.82, 2.24) is 4.90 Å². The molecule has 2 saturated carbocycles. The molecule has 1 aliphatic heterocycles. The summed E-state index contributed by atoms with van der Waals surface area (Å²) >= 11 is 0. The Morgan fingerprint density at radius 1 is 1.28 bits per heavy atom. The quantitative estimate of drug-likeness (QED) is 0.662. The molecule has 0 aromatic carbocycles. The van der Waals surface area contributed by atoms with Crippen molar-refractivity contribution in [1.29, 1.82) is 0 Å². The topological polar surface area (TPSA) is 46.6 Å². The number of carbonyl (C=O) groups excluding carboxylic acids is 2.